The number of thioether (sulfide) groups is 1. The largest absolute Gasteiger partial charge is 0.311 e. The second-order valence-corrected chi connectivity index (χ2v) is 7.90. The lowest BCUT2D eigenvalue weighted by molar-refractivity contribution is 0.549. The molecule has 6 heteroatoms. The Morgan fingerprint density at radius 1 is 1.29 bits per heavy atom. The van der Waals surface area contributed by atoms with E-state index >= 15 is 0 Å². The fourth-order valence-electron chi connectivity index (χ4n) is 2.58. The summed E-state index contributed by atoms with van der Waals surface area (Å²) in [7, 11) is 2.01. The predicted molar refractivity (Wildman–Crippen MR) is 92.5 cm³/mol. The fraction of sp³-hybridized carbons (Fsp3) is 0.733. The molecule has 0 N–H and O–H groups in total. The van der Waals surface area contributed by atoms with E-state index in [2.05, 4.69) is 36.7 Å². The Morgan fingerprint density at radius 2 is 2.00 bits per heavy atom. The number of rotatable bonds is 7. The normalized spacial score (nSPS) is 12.5. The predicted octanol–water partition coefficient (Wildman–Crippen LogP) is 3.65. The van der Waals surface area contributed by atoms with E-state index in [1.165, 1.54) is 0 Å². The molecule has 0 unspecified atom stereocenters. The minimum atomic E-state index is 0.157. The van der Waals surface area contributed by atoms with Gasteiger partial charge in [0, 0.05) is 30.6 Å². The molecule has 0 spiro atoms. The summed E-state index contributed by atoms with van der Waals surface area (Å²) >= 11 is 7.84. The minimum Gasteiger partial charge on any atom is -0.311 e. The Bertz CT molecular complexity index is 615. The molecule has 21 heavy (non-hydrogen) atoms. The van der Waals surface area contributed by atoms with E-state index in [1.54, 1.807) is 0 Å². The van der Waals surface area contributed by atoms with Crippen molar-refractivity contribution in [3.05, 3.63) is 11.5 Å². The van der Waals surface area contributed by atoms with Gasteiger partial charge < -0.3 is 4.57 Å². The molecular weight excluding hydrogens is 304 g/mol. The number of hydrogen-bond acceptors (Lipinski definition) is 3. The molecule has 0 saturated carbocycles. The van der Waals surface area contributed by atoms with Crippen LogP contribution < -0.4 is 0 Å². The maximum absolute atomic E-state index is 5.97. The molecule has 4 nitrogen and oxygen atoms in total. The molecule has 0 atom stereocenters. The maximum Gasteiger partial charge on any atom is 0.158 e. The Balaban J connectivity index is 2.56. The zero-order valence-electron chi connectivity index (χ0n) is 13.6. The van der Waals surface area contributed by atoms with Crippen molar-refractivity contribution >= 4 is 34.5 Å². The number of aryl methyl sites for hydroxylation is 3. The highest BCUT2D eigenvalue weighted by Crippen LogP contribution is 2.28. The van der Waals surface area contributed by atoms with Gasteiger partial charge in [0.2, 0.25) is 0 Å². The zero-order valence-corrected chi connectivity index (χ0v) is 15.2. The van der Waals surface area contributed by atoms with Gasteiger partial charge in [0.25, 0.3) is 0 Å². The van der Waals surface area contributed by atoms with E-state index in [4.69, 9.17) is 16.6 Å². The van der Waals surface area contributed by atoms with Crippen molar-refractivity contribution in [1.82, 2.24) is 19.3 Å². The Morgan fingerprint density at radius 3 is 2.57 bits per heavy atom. The molecule has 0 aliphatic heterocycles. The topological polar surface area (TPSA) is 35.6 Å². The third-order valence-corrected chi connectivity index (χ3v) is 5.19. The summed E-state index contributed by atoms with van der Waals surface area (Å²) in [4.78, 5) is 4.85. The molecule has 2 heterocycles. The summed E-state index contributed by atoms with van der Waals surface area (Å²) < 4.78 is 4.44. The molecule has 0 aliphatic carbocycles. The SMILES string of the molecule is CCCc1nn(C)c2c1nc(CCCl)n2CC(C)(C)SC. The zero-order chi connectivity index (χ0) is 15.6. The second kappa shape index (κ2) is 6.61. The molecule has 0 fully saturated rings. The van der Waals surface area contributed by atoms with Crippen molar-refractivity contribution in [3.8, 4) is 0 Å². The highest BCUT2D eigenvalue weighted by Gasteiger charge is 2.24. The van der Waals surface area contributed by atoms with Gasteiger partial charge in [0.1, 0.15) is 11.3 Å². The highest BCUT2D eigenvalue weighted by atomic mass is 35.5. The number of aromatic nitrogens is 4. The molecule has 0 saturated heterocycles. The summed E-state index contributed by atoms with van der Waals surface area (Å²) in [6.07, 6.45) is 5.01. The molecular formula is C15H25ClN4S. The molecule has 2 aromatic rings. The first-order valence-corrected chi connectivity index (χ1v) is 9.21. The summed E-state index contributed by atoms with van der Waals surface area (Å²) in [5, 5.41) is 4.65. The number of alkyl halides is 1. The van der Waals surface area contributed by atoms with Crippen LogP contribution in [0, 0.1) is 0 Å². The number of hydrogen-bond donors (Lipinski definition) is 0. The summed E-state index contributed by atoms with van der Waals surface area (Å²) in [5.74, 6) is 1.67. The van der Waals surface area contributed by atoms with Crippen LogP contribution in [-0.2, 0) is 26.4 Å². The van der Waals surface area contributed by atoms with Crippen LogP contribution in [0.25, 0.3) is 11.2 Å². The molecule has 2 rings (SSSR count). The van der Waals surface area contributed by atoms with E-state index in [9.17, 15) is 0 Å². The summed E-state index contributed by atoms with van der Waals surface area (Å²) in [5.41, 5.74) is 3.28. The Hall–Kier alpha value is -0.680. The van der Waals surface area contributed by atoms with Gasteiger partial charge in [-0.1, -0.05) is 13.3 Å². The lowest BCUT2D eigenvalue weighted by Crippen LogP contribution is -2.24. The molecule has 0 bridgehead atoms. The fourth-order valence-corrected chi connectivity index (χ4v) is 3.01. The first-order chi connectivity index (χ1) is 9.93. The molecule has 118 valence electrons. The Labute approximate surface area is 136 Å². The standard InChI is InChI=1S/C15H25ClN4S/c1-6-7-11-13-14(19(4)18-11)20(10-15(2,3)21-5)12(17-13)8-9-16/h6-10H2,1-5H3. The van der Waals surface area contributed by atoms with Crippen LogP contribution >= 0.6 is 23.4 Å². The highest BCUT2D eigenvalue weighted by molar-refractivity contribution is 7.99. The van der Waals surface area contributed by atoms with Crippen molar-refractivity contribution < 1.29 is 0 Å². The number of nitrogens with zero attached hydrogens (tertiary/aromatic N) is 4. The van der Waals surface area contributed by atoms with Gasteiger partial charge in [-0.15, -0.1) is 11.6 Å². The second-order valence-electron chi connectivity index (χ2n) is 6.01. The van der Waals surface area contributed by atoms with E-state index in [0.29, 0.717) is 5.88 Å². The van der Waals surface area contributed by atoms with Crippen molar-refractivity contribution in [1.29, 1.82) is 0 Å². The van der Waals surface area contributed by atoms with Gasteiger partial charge in [0.15, 0.2) is 5.65 Å². The number of halogens is 1. The van der Waals surface area contributed by atoms with Crippen molar-refractivity contribution in [2.45, 2.75) is 51.3 Å². The van der Waals surface area contributed by atoms with Crippen molar-refractivity contribution in [2.75, 3.05) is 12.1 Å². The maximum atomic E-state index is 5.97. The minimum absolute atomic E-state index is 0.157. The third-order valence-electron chi connectivity index (χ3n) is 3.77. The van der Waals surface area contributed by atoms with Gasteiger partial charge in [0.05, 0.1) is 5.69 Å². The molecule has 0 aliphatic rings. The average molecular weight is 329 g/mol. The Kier molecular flexibility index (Phi) is 5.25. The third kappa shape index (κ3) is 3.39. The molecule has 2 aromatic heterocycles. The van der Waals surface area contributed by atoms with Crippen LogP contribution in [-0.4, -0.2) is 36.2 Å². The van der Waals surface area contributed by atoms with Crippen LogP contribution in [0.4, 0.5) is 0 Å². The van der Waals surface area contributed by atoms with Crippen LogP contribution in [0.3, 0.4) is 0 Å². The molecule has 0 amide bonds. The van der Waals surface area contributed by atoms with Crippen molar-refractivity contribution in [3.63, 3.8) is 0 Å². The van der Waals surface area contributed by atoms with Gasteiger partial charge in [-0.2, -0.15) is 16.9 Å². The van der Waals surface area contributed by atoms with E-state index in [0.717, 1.165) is 48.5 Å². The van der Waals surface area contributed by atoms with Gasteiger partial charge in [-0.3, -0.25) is 4.68 Å². The smallest absolute Gasteiger partial charge is 0.158 e. The molecule has 0 aromatic carbocycles. The van der Waals surface area contributed by atoms with Crippen molar-refractivity contribution in [2.24, 2.45) is 7.05 Å². The quantitative estimate of drug-likeness (QED) is 0.728. The lowest BCUT2D eigenvalue weighted by Gasteiger charge is -2.24. The van der Waals surface area contributed by atoms with E-state index in [1.807, 2.05) is 23.5 Å². The summed E-state index contributed by atoms with van der Waals surface area (Å²) in [6, 6.07) is 0. The number of imidazole rings is 1. The number of fused-ring (bicyclic) bond motifs is 1. The van der Waals surface area contributed by atoms with Gasteiger partial charge in [-0.05, 0) is 26.5 Å². The van der Waals surface area contributed by atoms with E-state index < -0.39 is 0 Å². The van der Waals surface area contributed by atoms with E-state index in [-0.39, 0.29) is 4.75 Å². The van der Waals surface area contributed by atoms with Crippen LogP contribution in [0.2, 0.25) is 0 Å². The van der Waals surface area contributed by atoms with Crippen LogP contribution in [0.1, 0.15) is 38.7 Å². The molecule has 0 radical (unpaired) electrons. The average Bonchev–Trinajstić information content (AvgIpc) is 2.91. The van der Waals surface area contributed by atoms with Gasteiger partial charge >= 0.3 is 0 Å². The van der Waals surface area contributed by atoms with Crippen LogP contribution in [0.15, 0.2) is 0 Å². The van der Waals surface area contributed by atoms with Gasteiger partial charge in [-0.25, -0.2) is 4.98 Å². The lowest BCUT2D eigenvalue weighted by atomic mass is 10.2. The summed E-state index contributed by atoms with van der Waals surface area (Å²) in [6.45, 7) is 7.62. The van der Waals surface area contributed by atoms with Crippen LogP contribution in [0.5, 0.6) is 0 Å². The first-order valence-electron chi connectivity index (χ1n) is 7.45. The first kappa shape index (κ1) is 16.7. The monoisotopic (exact) mass is 328 g/mol.